The Morgan fingerprint density at radius 2 is 1.36 bits per heavy atom. The van der Waals surface area contributed by atoms with Gasteiger partial charge in [-0.3, -0.25) is 19.2 Å². The number of carbonyl (C=O) groups is 3. The quantitative estimate of drug-likeness (QED) is 0.0764. The Kier molecular flexibility index (Phi) is 15.5. The lowest BCUT2D eigenvalue weighted by atomic mass is 10.0. The number of benzene rings is 2. The maximum absolute atomic E-state index is 13.3. The maximum Gasteiger partial charge on any atom is 0.458 e. The third kappa shape index (κ3) is 12.9. The summed E-state index contributed by atoms with van der Waals surface area (Å²) in [6.07, 6.45) is -2.13. The normalized spacial score (nSPS) is 14.0. The number of nitrogens with zero attached hydrogens (tertiary/aromatic N) is 1. The highest BCUT2D eigenvalue weighted by molar-refractivity contribution is 6.41. The Morgan fingerprint density at radius 3 is 1.98 bits per heavy atom. The Morgan fingerprint density at radius 1 is 0.760 bits per heavy atom. The highest BCUT2D eigenvalue weighted by Crippen LogP contribution is 2.26. The van der Waals surface area contributed by atoms with Crippen LogP contribution in [0.25, 0.3) is 10.9 Å². The largest absolute Gasteiger partial charge is 0.506 e. The molecule has 1 amide bonds. The number of fused-ring (bicyclic) bond motifs is 1. The van der Waals surface area contributed by atoms with Crippen LogP contribution in [0.4, 0.5) is 26.3 Å². The monoisotopic (exact) mass is 712 g/mol. The molecule has 9 nitrogen and oxygen atoms in total. The second kappa shape index (κ2) is 19.2. The van der Waals surface area contributed by atoms with Crippen LogP contribution in [0.15, 0.2) is 59.4 Å². The lowest BCUT2D eigenvalue weighted by Gasteiger charge is -2.32. The van der Waals surface area contributed by atoms with Crippen molar-refractivity contribution in [1.82, 2.24) is 20.5 Å². The van der Waals surface area contributed by atoms with E-state index >= 15 is 0 Å². The van der Waals surface area contributed by atoms with E-state index < -0.39 is 23.9 Å². The molecule has 0 atom stereocenters. The first-order chi connectivity index (χ1) is 23.7. The maximum atomic E-state index is 13.3. The fourth-order valence-corrected chi connectivity index (χ4v) is 5.74. The van der Waals surface area contributed by atoms with Crippen molar-refractivity contribution in [1.29, 1.82) is 0 Å². The van der Waals surface area contributed by atoms with Gasteiger partial charge in [0.15, 0.2) is 0 Å². The fraction of sp³-hybridized carbons (Fsp3) is 0.486. The number of rotatable bonds is 14. The van der Waals surface area contributed by atoms with Crippen LogP contribution < -0.4 is 16.2 Å². The number of pyridine rings is 1. The van der Waals surface area contributed by atoms with Gasteiger partial charge in [-0.05, 0) is 62.0 Å². The molecule has 4 rings (SSSR count). The van der Waals surface area contributed by atoms with E-state index in [0.29, 0.717) is 24.5 Å². The van der Waals surface area contributed by atoms with Crippen molar-refractivity contribution >= 4 is 28.4 Å². The van der Waals surface area contributed by atoms with Crippen LogP contribution in [0, 0.1) is 0 Å². The number of ketones is 2. The molecule has 1 saturated carbocycles. The van der Waals surface area contributed by atoms with E-state index in [-0.39, 0.29) is 17.2 Å². The first-order valence-corrected chi connectivity index (χ1v) is 16.5. The molecule has 0 spiro atoms. The average Bonchev–Trinajstić information content (AvgIpc) is 3.36. The Hall–Kier alpha value is -4.24. The van der Waals surface area contributed by atoms with Crippen molar-refractivity contribution in [3.8, 4) is 5.75 Å². The van der Waals surface area contributed by atoms with Crippen LogP contribution in [0.1, 0.15) is 56.1 Å². The minimum atomic E-state index is -5.77. The third-order valence-electron chi connectivity index (χ3n) is 8.32. The zero-order chi connectivity index (χ0) is 36.7. The van der Waals surface area contributed by atoms with Gasteiger partial charge in [0.2, 0.25) is 11.5 Å². The number of phenolic OH excluding ortho intramolecular Hbond substituents is 1. The highest BCUT2D eigenvalue weighted by Gasteiger charge is 2.54. The molecule has 2 aromatic carbocycles. The van der Waals surface area contributed by atoms with E-state index in [1.807, 2.05) is 12.1 Å². The first kappa shape index (κ1) is 40.2. The predicted octanol–water partition coefficient (Wildman–Crippen LogP) is 5.39. The number of alkyl halides is 6. The number of aromatic amines is 1. The molecule has 1 heterocycles. The molecule has 15 heteroatoms. The van der Waals surface area contributed by atoms with Crippen LogP contribution in [0.2, 0.25) is 0 Å². The topological polar surface area (TPSA) is 132 Å². The van der Waals surface area contributed by atoms with E-state index in [2.05, 4.69) is 44.8 Å². The number of nitrogens with one attached hydrogen (secondary N) is 3. The van der Waals surface area contributed by atoms with Gasteiger partial charge in [-0.15, -0.1) is 0 Å². The number of phenols is 1. The number of hydrogen-bond donors (Lipinski definition) is 4. The second-order valence-electron chi connectivity index (χ2n) is 12.0. The zero-order valence-electron chi connectivity index (χ0n) is 27.5. The lowest BCUT2D eigenvalue weighted by Crippen LogP contribution is -2.45. The summed E-state index contributed by atoms with van der Waals surface area (Å²) < 4.78 is 67.0. The number of Topliss-reactive ketones (excluding diaryl/α,β-unsaturated/α-hetero) is 2. The molecule has 274 valence electrons. The molecule has 50 heavy (non-hydrogen) atoms. The van der Waals surface area contributed by atoms with Gasteiger partial charge in [0, 0.05) is 43.5 Å². The number of carbonyl (C=O) groups excluding carboxylic acids is 3. The zero-order valence-corrected chi connectivity index (χ0v) is 27.5. The van der Waals surface area contributed by atoms with E-state index in [1.165, 1.54) is 37.3 Å². The number of hydrogen-bond acceptors (Lipinski definition) is 7. The molecule has 0 aliphatic heterocycles. The standard InChI is InChI=1S/C31H42N4O3.C4F6O2/c36-28-14-12-25(27-13-15-29(37)34-31(27)28)17-20-33-22-23-35(26-10-6-1-2-7-11-26)30(38)18-21-32-19-16-24-8-4-3-5-9-24;5-3(6,7)1(11)2(12)4(8,9)10/h3-5,8-9,12-15,26,32-33,36H,1-2,6-7,10-11,16-23H2,(H,34,37);. The van der Waals surface area contributed by atoms with Crippen LogP contribution in [-0.2, 0) is 27.2 Å². The van der Waals surface area contributed by atoms with Gasteiger partial charge in [0.25, 0.3) is 0 Å². The molecule has 4 N–H and O–H groups in total. The minimum Gasteiger partial charge on any atom is -0.506 e. The Balaban J connectivity index is 0.000000482. The number of H-pyrrole nitrogens is 1. The van der Waals surface area contributed by atoms with Crippen LogP contribution in [0.3, 0.4) is 0 Å². The SMILES string of the molecule is O=C(C(=O)C(F)(F)F)C(F)(F)F.O=C(CCNCCc1ccccc1)N(CCNCCc1ccc(O)c2[nH]c(=O)ccc12)C1CCCCCC1. The predicted molar refractivity (Wildman–Crippen MR) is 176 cm³/mol. The minimum absolute atomic E-state index is 0.0847. The van der Waals surface area contributed by atoms with Crippen LogP contribution in [-0.4, -0.2) is 83.6 Å². The molecule has 0 saturated heterocycles. The van der Waals surface area contributed by atoms with Gasteiger partial charge in [0.1, 0.15) is 5.75 Å². The number of amides is 1. The van der Waals surface area contributed by atoms with Crippen molar-refractivity contribution in [3.05, 3.63) is 76.1 Å². The molecule has 3 aromatic rings. The van der Waals surface area contributed by atoms with Gasteiger partial charge in [-0.2, -0.15) is 26.3 Å². The molecule has 0 unspecified atom stereocenters. The Bertz CT molecular complexity index is 1580. The molecular formula is C35H42F6N4O5. The molecule has 1 aliphatic rings. The number of halogens is 6. The summed E-state index contributed by atoms with van der Waals surface area (Å²) in [5.41, 5.74) is 2.64. The molecule has 0 radical (unpaired) electrons. The molecule has 1 aromatic heterocycles. The van der Waals surface area contributed by atoms with Crippen molar-refractivity contribution in [3.63, 3.8) is 0 Å². The summed E-state index contributed by atoms with van der Waals surface area (Å²) in [7, 11) is 0. The van der Waals surface area contributed by atoms with Crippen molar-refractivity contribution in [2.75, 3.05) is 32.7 Å². The summed E-state index contributed by atoms with van der Waals surface area (Å²) in [6, 6.07) is 17.6. The van der Waals surface area contributed by atoms with E-state index in [9.17, 15) is 50.6 Å². The molecule has 1 fully saturated rings. The summed E-state index contributed by atoms with van der Waals surface area (Å²) in [4.78, 5) is 49.0. The van der Waals surface area contributed by atoms with Gasteiger partial charge in [0.05, 0.1) is 5.52 Å². The number of aromatic nitrogens is 1. The van der Waals surface area contributed by atoms with Crippen molar-refractivity contribution in [2.24, 2.45) is 0 Å². The number of aromatic hydroxyl groups is 1. The smallest absolute Gasteiger partial charge is 0.458 e. The van der Waals surface area contributed by atoms with Crippen LogP contribution >= 0.6 is 0 Å². The van der Waals surface area contributed by atoms with Gasteiger partial charge >= 0.3 is 23.9 Å². The molecule has 1 aliphatic carbocycles. The van der Waals surface area contributed by atoms with Gasteiger partial charge in [-0.1, -0.05) is 62.1 Å². The summed E-state index contributed by atoms with van der Waals surface area (Å²) in [5.74, 6) is -6.48. The molecule has 0 bridgehead atoms. The fourth-order valence-electron chi connectivity index (χ4n) is 5.74. The van der Waals surface area contributed by atoms with E-state index in [0.717, 1.165) is 62.8 Å². The van der Waals surface area contributed by atoms with Gasteiger partial charge in [-0.25, -0.2) is 0 Å². The molecular weight excluding hydrogens is 670 g/mol. The second-order valence-corrected chi connectivity index (χ2v) is 12.0. The van der Waals surface area contributed by atoms with Crippen molar-refractivity contribution < 1.29 is 45.8 Å². The lowest BCUT2D eigenvalue weighted by molar-refractivity contribution is -0.193. The van der Waals surface area contributed by atoms with Crippen molar-refractivity contribution in [2.45, 2.75) is 76.2 Å². The van der Waals surface area contributed by atoms with Gasteiger partial charge < -0.3 is 25.6 Å². The van der Waals surface area contributed by atoms with E-state index in [4.69, 9.17) is 0 Å². The summed E-state index contributed by atoms with van der Waals surface area (Å²) in [5, 5.41) is 17.9. The highest BCUT2D eigenvalue weighted by atomic mass is 19.4. The Labute approximate surface area is 285 Å². The van der Waals surface area contributed by atoms with E-state index in [1.54, 1.807) is 12.1 Å². The van der Waals surface area contributed by atoms with Crippen LogP contribution in [0.5, 0.6) is 5.75 Å². The average molecular weight is 713 g/mol. The first-order valence-electron chi connectivity index (χ1n) is 16.5. The third-order valence-corrected chi connectivity index (χ3v) is 8.32. The summed E-state index contributed by atoms with van der Waals surface area (Å²) >= 11 is 0. The summed E-state index contributed by atoms with van der Waals surface area (Å²) in [6.45, 7) is 3.81.